The minimum atomic E-state index is 0.459. The van der Waals surface area contributed by atoms with E-state index in [9.17, 15) is 0 Å². The molecule has 3 rings (SSSR count). The molecule has 100 valence electrons. The van der Waals surface area contributed by atoms with Gasteiger partial charge >= 0.3 is 0 Å². The molecule has 0 amide bonds. The van der Waals surface area contributed by atoms with Gasteiger partial charge in [-0.05, 0) is 51.2 Å². The van der Waals surface area contributed by atoms with Crippen molar-refractivity contribution in [3.8, 4) is 11.3 Å². The van der Waals surface area contributed by atoms with Crippen LogP contribution in [-0.2, 0) is 0 Å². The van der Waals surface area contributed by atoms with Gasteiger partial charge in [0.2, 0.25) is 0 Å². The van der Waals surface area contributed by atoms with E-state index in [1.54, 1.807) is 0 Å². The highest BCUT2D eigenvalue weighted by molar-refractivity contribution is 5.74. The molecular weight excluding hydrogens is 234 g/mol. The number of rotatable bonds is 3. The lowest BCUT2D eigenvalue weighted by atomic mass is 10.0. The van der Waals surface area contributed by atoms with Gasteiger partial charge in [0.15, 0.2) is 0 Å². The van der Waals surface area contributed by atoms with Gasteiger partial charge in [0, 0.05) is 11.8 Å². The lowest BCUT2D eigenvalue weighted by molar-refractivity contribution is 0.441. The number of aryl methyl sites for hydroxylation is 2. The van der Waals surface area contributed by atoms with Gasteiger partial charge in [-0.2, -0.15) is 5.10 Å². The number of benzene rings is 1. The molecule has 2 aromatic rings. The maximum absolute atomic E-state index is 6.17. The van der Waals surface area contributed by atoms with Crippen molar-refractivity contribution < 1.29 is 0 Å². The summed E-state index contributed by atoms with van der Waals surface area (Å²) < 4.78 is 2.05. The van der Waals surface area contributed by atoms with Gasteiger partial charge in [0.1, 0.15) is 5.69 Å². The van der Waals surface area contributed by atoms with E-state index < -0.39 is 0 Å². The summed E-state index contributed by atoms with van der Waals surface area (Å²) >= 11 is 0. The van der Waals surface area contributed by atoms with Crippen molar-refractivity contribution in [1.29, 1.82) is 0 Å². The predicted octanol–water partition coefficient (Wildman–Crippen LogP) is 3.72. The summed E-state index contributed by atoms with van der Waals surface area (Å²) in [4.78, 5) is 0. The van der Waals surface area contributed by atoms with Crippen LogP contribution >= 0.6 is 0 Å². The van der Waals surface area contributed by atoms with Crippen molar-refractivity contribution in [2.24, 2.45) is 5.92 Å². The van der Waals surface area contributed by atoms with Crippen LogP contribution in [0.1, 0.15) is 36.9 Å². The Balaban J connectivity index is 2.02. The number of nitrogens with two attached hydrogens (primary N) is 1. The molecule has 1 aliphatic rings. The molecule has 1 heterocycles. The summed E-state index contributed by atoms with van der Waals surface area (Å²) in [6.07, 6.45) is 4.62. The van der Waals surface area contributed by atoms with Gasteiger partial charge in [0.25, 0.3) is 0 Å². The van der Waals surface area contributed by atoms with Crippen LogP contribution in [0.2, 0.25) is 0 Å². The summed E-state index contributed by atoms with van der Waals surface area (Å²) in [7, 11) is 0. The number of anilines is 1. The molecule has 3 heteroatoms. The van der Waals surface area contributed by atoms with Gasteiger partial charge in [-0.1, -0.05) is 17.7 Å². The second-order valence-electron chi connectivity index (χ2n) is 5.81. The molecule has 1 fully saturated rings. The molecule has 1 atom stereocenters. The summed E-state index contributed by atoms with van der Waals surface area (Å²) in [5.41, 5.74) is 11.5. The molecule has 0 aliphatic heterocycles. The zero-order valence-corrected chi connectivity index (χ0v) is 11.9. The Kier molecular flexibility index (Phi) is 2.85. The van der Waals surface area contributed by atoms with Crippen LogP contribution in [0.3, 0.4) is 0 Å². The topological polar surface area (TPSA) is 43.8 Å². The van der Waals surface area contributed by atoms with Crippen LogP contribution in [0.4, 0.5) is 5.69 Å². The van der Waals surface area contributed by atoms with Crippen molar-refractivity contribution >= 4 is 5.69 Å². The lowest BCUT2D eigenvalue weighted by Crippen LogP contribution is -2.07. The average Bonchev–Trinajstić information content (AvgIpc) is 3.15. The first-order valence-corrected chi connectivity index (χ1v) is 6.98. The minimum Gasteiger partial charge on any atom is -0.396 e. The molecule has 0 bridgehead atoms. The maximum Gasteiger partial charge on any atom is 0.115 e. The number of aromatic nitrogens is 2. The summed E-state index contributed by atoms with van der Waals surface area (Å²) in [6, 6.07) is 6.88. The number of nitrogen functional groups attached to an aromatic ring is 1. The van der Waals surface area contributed by atoms with E-state index in [1.165, 1.54) is 24.0 Å². The van der Waals surface area contributed by atoms with Gasteiger partial charge in [-0.3, -0.25) is 4.68 Å². The van der Waals surface area contributed by atoms with Crippen LogP contribution < -0.4 is 5.73 Å². The van der Waals surface area contributed by atoms with Gasteiger partial charge in [0.05, 0.1) is 11.7 Å². The third-order valence-corrected chi connectivity index (χ3v) is 4.13. The van der Waals surface area contributed by atoms with E-state index in [1.807, 2.05) is 10.9 Å². The fourth-order valence-electron chi connectivity index (χ4n) is 2.61. The molecule has 2 N–H and O–H groups in total. The zero-order valence-electron chi connectivity index (χ0n) is 11.9. The number of hydrogen-bond acceptors (Lipinski definition) is 2. The fraction of sp³-hybridized carbons (Fsp3) is 0.438. The van der Waals surface area contributed by atoms with Crippen molar-refractivity contribution in [2.45, 2.75) is 39.7 Å². The summed E-state index contributed by atoms with van der Waals surface area (Å²) in [5, 5.41) is 4.73. The van der Waals surface area contributed by atoms with E-state index in [2.05, 4.69) is 39.0 Å². The normalized spacial score (nSPS) is 16.6. The van der Waals surface area contributed by atoms with E-state index in [0.29, 0.717) is 6.04 Å². The van der Waals surface area contributed by atoms with Crippen LogP contribution in [-0.4, -0.2) is 9.78 Å². The van der Waals surface area contributed by atoms with Crippen molar-refractivity contribution in [2.75, 3.05) is 5.73 Å². The molecule has 0 radical (unpaired) electrons. The molecule has 0 saturated heterocycles. The SMILES string of the molecule is Cc1ccc(C)c(-c2nn(C(C)C3CC3)cc2N)c1. The number of nitrogens with zero attached hydrogens (tertiary/aromatic N) is 2. The monoisotopic (exact) mass is 255 g/mol. The first-order chi connectivity index (χ1) is 9.06. The Morgan fingerprint density at radius 2 is 2.05 bits per heavy atom. The highest BCUT2D eigenvalue weighted by Crippen LogP contribution is 2.40. The molecule has 0 spiro atoms. The molecule has 19 heavy (non-hydrogen) atoms. The van der Waals surface area contributed by atoms with Crippen molar-refractivity contribution in [3.05, 3.63) is 35.5 Å². The van der Waals surface area contributed by atoms with Crippen molar-refractivity contribution in [1.82, 2.24) is 9.78 Å². The third kappa shape index (κ3) is 2.25. The highest BCUT2D eigenvalue weighted by Gasteiger charge is 2.30. The standard InChI is InChI=1S/C16H21N3/c1-10-4-5-11(2)14(8-10)16-15(17)9-19(18-16)12(3)13-6-7-13/h4-5,8-9,12-13H,6-7,17H2,1-3H3. The minimum absolute atomic E-state index is 0.459. The van der Waals surface area contributed by atoms with Gasteiger partial charge < -0.3 is 5.73 Å². The van der Waals surface area contributed by atoms with Gasteiger partial charge in [-0.15, -0.1) is 0 Å². The second-order valence-corrected chi connectivity index (χ2v) is 5.81. The summed E-state index contributed by atoms with van der Waals surface area (Å²) in [5.74, 6) is 0.783. The van der Waals surface area contributed by atoms with Crippen molar-refractivity contribution in [3.63, 3.8) is 0 Å². The molecule has 1 unspecified atom stereocenters. The molecule has 1 aliphatic carbocycles. The van der Waals surface area contributed by atoms with E-state index >= 15 is 0 Å². The molecule has 1 aromatic heterocycles. The third-order valence-electron chi connectivity index (χ3n) is 4.13. The molecule has 1 aromatic carbocycles. The lowest BCUT2D eigenvalue weighted by Gasteiger charge is -2.10. The smallest absolute Gasteiger partial charge is 0.115 e. The maximum atomic E-state index is 6.17. The first kappa shape index (κ1) is 12.3. The van der Waals surface area contributed by atoms with E-state index in [4.69, 9.17) is 10.8 Å². The molecular formula is C16H21N3. The fourth-order valence-corrected chi connectivity index (χ4v) is 2.61. The Labute approximate surface area is 114 Å². The zero-order chi connectivity index (χ0) is 13.6. The van der Waals surface area contributed by atoms with Crippen LogP contribution in [0.25, 0.3) is 11.3 Å². The highest BCUT2D eigenvalue weighted by atomic mass is 15.3. The first-order valence-electron chi connectivity index (χ1n) is 6.98. The average molecular weight is 255 g/mol. The van der Waals surface area contributed by atoms with Gasteiger partial charge in [-0.25, -0.2) is 0 Å². The predicted molar refractivity (Wildman–Crippen MR) is 79.0 cm³/mol. The van der Waals surface area contributed by atoms with E-state index in [0.717, 1.165) is 22.9 Å². The Hall–Kier alpha value is -1.77. The molecule has 1 saturated carbocycles. The number of hydrogen-bond donors (Lipinski definition) is 1. The second kappa shape index (κ2) is 4.41. The van der Waals surface area contributed by atoms with Crippen LogP contribution in [0, 0.1) is 19.8 Å². The Morgan fingerprint density at radius 1 is 1.32 bits per heavy atom. The quantitative estimate of drug-likeness (QED) is 0.908. The van der Waals surface area contributed by atoms with Crippen LogP contribution in [0.15, 0.2) is 24.4 Å². The Morgan fingerprint density at radius 3 is 2.74 bits per heavy atom. The molecule has 3 nitrogen and oxygen atoms in total. The Bertz CT molecular complexity index is 608. The largest absolute Gasteiger partial charge is 0.396 e. The van der Waals surface area contributed by atoms with Crippen LogP contribution in [0.5, 0.6) is 0 Å². The van der Waals surface area contributed by atoms with E-state index in [-0.39, 0.29) is 0 Å². The summed E-state index contributed by atoms with van der Waals surface area (Å²) in [6.45, 7) is 6.44.